The summed E-state index contributed by atoms with van der Waals surface area (Å²) in [5.74, 6) is 1.63. The molecule has 0 unspecified atom stereocenters. The van der Waals surface area contributed by atoms with Crippen molar-refractivity contribution < 1.29 is 0 Å². The molecular formula is C12H15N3. The Bertz CT molecular complexity index is 402. The van der Waals surface area contributed by atoms with Crippen LogP contribution in [0.1, 0.15) is 24.1 Å². The molecule has 1 heterocycles. The maximum Gasteiger partial charge on any atom is 0.146 e. The van der Waals surface area contributed by atoms with Crippen molar-refractivity contribution in [1.29, 1.82) is 5.26 Å². The first-order valence-electron chi connectivity index (χ1n) is 5.29. The quantitative estimate of drug-likeness (QED) is 0.752. The molecule has 0 amide bonds. The Balaban J connectivity index is 2.23. The molecule has 1 aromatic heterocycles. The summed E-state index contributed by atoms with van der Waals surface area (Å²) in [7, 11) is 2.01. The lowest BCUT2D eigenvalue weighted by Gasteiger charge is -2.19. The third-order valence-corrected chi connectivity index (χ3v) is 2.73. The van der Waals surface area contributed by atoms with Gasteiger partial charge in [-0.15, -0.1) is 0 Å². The number of aryl methyl sites for hydroxylation is 1. The molecule has 0 aliphatic heterocycles. The van der Waals surface area contributed by atoms with E-state index in [-0.39, 0.29) is 0 Å². The van der Waals surface area contributed by atoms with Crippen molar-refractivity contribution in [2.24, 2.45) is 5.92 Å². The lowest BCUT2D eigenvalue weighted by Crippen LogP contribution is -2.22. The monoisotopic (exact) mass is 201 g/mol. The Morgan fingerprint density at radius 1 is 1.53 bits per heavy atom. The maximum absolute atomic E-state index is 8.99. The molecule has 15 heavy (non-hydrogen) atoms. The van der Waals surface area contributed by atoms with E-state index in [9.17, 15) is 0 Å². The number of rotatable bonds is 3. The highest BCUT2D eigenvalue weighted by Gasteiger charge is 2.24. The summed E-state index contributed by atoms with van der Waals surface area (Å²) in [6, 6.07) is 5.92. The van der Waals surface area contributed by atoms with Crippen LogP contribution < -0.4 is 4.90 Å². The van der Waals surface area contributed by atoms with E-state index < -0.39 is 0 Å². The summed E-state index contributed by atoms with van der Waals surface area (Å²) < 4.78 is 0. The van der Waals surface area contributed by atoms with Crippen molar-refractivity contribution in [2.75, 3.05) is 18.5 Å². The zero-order valence-corrected chi connectivity index (χ0v) is 9.20. The number of hydrogen-bond donors (Lipinski definition) is 0. The lowest BCUT2D eigenvalue weighted by atomic mass is 10.2. The number of nitrogens with zero attached hydrogens (tertiary/aromatic N) is 3. The Morgan fingerprint density at radius 3 is 2.87 bits per heavy atom. The first-order chi connectivity index (χ1) is 7.20. The van der Waals surface area contributed by atoms with Gasteiger partial charge in [-0.2, -0.15) is 5.26 Å². The molecule has 2 rings (SSSR count). The first-order valence-corrected chi connectivity index (χ1v) is 5.29. The Hall–Kier alpha value is -1.56. The van der Waals surface area contributed by atoms with Gasteiger partial charge in [0.1, 0.15) is 11.9 Å². The molecule has 3 nitrogen and oxygen atoms in total. The molecule has 0 N–H and O–H groups in total. The number of nitriles is 1. The zero-order valence-electron chi connectivity index (χ0n) is 9.20. The van der Waals surface area contributed by atoms with Gasteiger partial charge in [0.15, 0.2) is 0 Å². The van der Waals surface area contributed by atoms with Crippen LogP contribution in [-0.4, -0.2) is 18.6 Å². The van der Waals surface area contributed by atoms with Crippen LogP contribution in [0.25, 0.3) is 0 Å². The highest BCUT2D eigenvalue weighted by molar-refractivity contribution is 5.53. The fourth-order valence-corrected chi connectivity index (χ4v) is 1.70. The van der Waals surface area contributed by atoms with Gasteiger partial charge in [-0.25, -0.2) is 4.98 Å². The maximum atomic E-state index is 8.99. The molecule has 1 aliphatic carbocycles. The van der Waals surface area contributed by atoms with Crippen molar-refractivity contribution in [3.63, 3.8) is 0 Å². The SMILES string of the molecule is Cc1ccc(C#N)c(N(C)CC2CC2)n1. The van der Waals surface area contributed by atoms with Crippen molar-refractivity contribution in [1.82, 2.24) is 4.98 Å². The van der Waals surface area contributed by atoms with Gasteiger partial charge in [0.2, 0.25) is 0 Å². The number of anilines is 1. The smallest absolute Gasteiger partial charge is 0.146 e. The third-order valence-electron chi connectivity index (χ3n) is 2.73. The second-order valence-corrected chi connectivity index (χ2v) is 4.26. The molecular weight excluding hydrogens is 186 g/mol. The van der Waals surface area contributed by atoms with Crippen LogP contribution in [0.15, 0.2) is 12.1 Å². The molecule has 0 aromatic carbocycles. The summed E-state index contributed by atoms with van der Waals surface area (Å²) in [4.78, 5) is 6.53. The van der Waals surface area contributed by atoms with Crippen molar-refractivity contribution in [3.05, 3.63) is 23.4 Å². The summed E-state index contributed by atoms with van der Waals surface area (Å²) in [5.41, 5.74) is 1.63. The molecule has 3 heteroatoms. The van der Waals surface area contributed by atoms with Crippen LogP contribution in [0.3, 0.4) is 0 Å². The van der Waals surface area contributed by atoms with Crippen molar-refractivity contribution in [3.8, 4) is 6.07 Å². The standard InChI is InChI=1S/C12H15N3/c1-9-3-6-11(7-13)12(14-9)15(2)8-10-4-5-10/h3,6,10H,4-5,8H2,1-2H3. The predicted octanol–water partition coefficient (Wildman–Crippen LogP) is 2.11. The highest BCUT2D eigenvalue weighted by Crippen LogP contribution is 2.31. The van der Waals surface area contributed by atoms with Gasteiger partial charge in [-0.3, -0.25) is 0 Å². The minimum Gasteiger partial charge on any atom is -0.358 e. The summed E-state index contributed by atoms with van der Waals surface area (Å²) in [5, 5.41) is 8.99. The largest absolute Gasteiger partial charge is 0.358 e. The number of aromatic nitrogens is 1. The second-order valence-electron chi connectivity index (χ2n) is 4.26. The number of pyridine rings is 1. The van der Waals surface area contributed by atoms with E-state index >= 15 is 0 Å². The van der Waals surface area contributed by atoms with E-state index in [1.165, 1.54) is 12.8 Å². The summed E-state index contributed by atoms with van der Waals surface area (Å²) >= 11 is 0. The van der Waals surface area contributed by atoms with Gasteiger partial charge in [-0.05, 0) is 37.8 Å². The van der Waals surface area contributed by atoms with Gasteiger partial charge < -0.3 is 4.90 Å². The van der Waals surface area contributed by atoms with Crippen LogP contribution in [-0.2, 0) is 0 Å². The van der Waals surface area contributed by atoms with Crippen molar-refractivity contribution >= 4 is 5.82 Å². The molecule has 0 atom stereocenters. The molecule has 78 valence electrons. The van der Waals surface area contributed by atoms with Gasteiger partial charge >= 0.3 is 0 Å². The van der Waals surface area contributed by atoms with Gasteiger partial charge in [0, 0.05) is 19.3 Å². The lowest BCUT2D eigenvalue weighted by molar-refractivity contribution is 0.774. The Kier molecular flexibility index (Phi) is 2.59. The van der Waals surface area contributed by atoms with Crippen LogP contribution >= 0.6 is 0 Å². The average Bonchev–Trinajstić information content (AvgIpc) is 3.01. The summed E-state index contributed by atoms with van der Waals surface area (Å²) in [6.45, 7) is 2.97. The van der Waals surface area contributed by atoms with E-state index in [0.717, 1.165) is 24.0 Å². The fraction of sp³-hybridized carbons (Fsp3) is 0.500. The van der Waals surface area contributed by atoms with E-state index in [4.69, 9.17) is 5.26 Å². The molecule has 0 saturated heterocycles. The van der Waals surface area contributed by atoms with Crippen molar-refractivity contribution in [2.45, 2.75) is 19.8 Å². The minimum absolute atomic E-state index is 0.670. The van der Waals surface area contributed by atoms with Gasteiger partial charge in [-0.1, -0.05) is 0 Å². The van der Waals surface area contributed by atoms with Crippen LogP contribution in [0.2, 0.25) is 0 Å². The third kappa shape index (κ3) is 2.27. The van der Waals surface area contributed by atoms with E-state index in [1.54, 1.807) is 0 Å². The van der Waals surface area contributed by atoms with E-state index in [2.05, 4.69) is 16.0 Å². The second kappa shape index (κ2) is 3.90. The zero-order chi connectivity index (χ0) is 10.8. The molecule has 1 fully saturated rings. The van der Waals surface area contributed by atoms with Crippen LogP contribution in [0, 0.1) is 24.2 Å². The predicted molar refractivity (Wildman–Crippen MR) is 59.7 cm³/mol. The van der Waals surface area contributed by atoms with Gasteiger partial charge in [0.25, 0.3) is 0 Å². The fourth-order valence-electron chi connectivity index (χ4n) is 1.70. The normalized spacial score (nSPS) is 14.7. The summed E-state index contributed by atoms with van der Waals surface area (Å²) in [6.07, 6.45) is 2.64. The molecule has 1 aliphatic rings. The first kappa shape index (κ1) is 9.97. The van der Waals surface area contributed by atoms with Crippen LogP contribution in [0.4, 0.5) is 5.82 Å². The molecule has 1 aromatic rings. The molecule has 0 bridgehead atoms. The molecule has 0 radical (unpaired) electrons. The van der Waals surface area contributed by atoms with E-state index in [0.29, 0.717) is 5.56 Å². The minimum atomic E-state index is 0.670. The average molecular weight is 201 g/mol. The van der Waals surface area contributed by atoms with E-state index in [1.807, 2.05) is 26.1 Å². The molecule has 0 spiro atoms. The Morgan fingerprint density at radius 2 is 2.27 bits per heavy atom. The topological polar surface area (TPSA) is 39.9 Å². The Labute approximate surface area is 90.4 Å². The van der Waals surface area contributed by atoms with Crippen LogP contribution in [0.5, 0.6) is 0 Å². The van der Waals surface area contributed by atoms with Gasteiger partial charge in [0.05, 0.1) is 5.56 Å². The molecule has 1 saturated carbocycles. The highest BCUT2D eigenvalue weighted by atomic mass is 15.2. The number of hydrogen-bond acceptors (Lipinski definition) is 3.